The van der Waals surface area contributed by atoms with Gasteiger partial charge in [-0.2, -0.15) is 0 Å². The quantitative estimate of drug-likeness (QED) is 0.450. The second kappa shape index (κ2) is 4.24. The first-order valence-electron chi connectivity index (χ1n) is 8.99. The Balaban J connectivity index is 2.26. The standard InChI is InChI=1S/C19H15N/c1-14-11-12-19-17(13-14)16-9-5-6-10-18(16)20(19)15-7-3-2-4-8-15/h2-13H,1H3/i2D,3D,4D,7D,8D. The summed E-state index contributed by atoms with van der Waals surface area (Å²) < 4.78 is 42.1. The summed E-state index contributed by atoms with van der Waals surface area (Å²) >= 11 is 0. The van der Waals surface area contributed by atoms with Gasteiger partial charge < -0.3 is 4.57 Å². The number of hydrogen-bond acceptors (Lipinski definition) is 0. The number of benzene rings is 3. The molecule has 0 spiro atoms. The molecule has 20 heavy (non-hydrogen) atoms. The van der Waals surface area contributed by atoms with Gasteiger partial charge in [-0.25, -0.2) is 0 Å². The molecule has 0 radical (unpaired) electrons. The minimum atomic E-state index is -0.379. The molecular weight excluding hydrogens is 242 g/mol. The van der Waals surface area contributed by atoms with Gasteiger partial charge in [0.25, 0.3) is 0 Å². The van der Waals surface area contributed by atoms with Crippen molar-refractivity contribution in [1.29, 1.82) is 0 Å². The number of para-hydroxylation sites is 2. The number of rotatable bonds is 1. The summed E-state index contributed by atoms with van der Waals surface area (Å²) in [5.41, 5.74) is 2.93. The van der Waals surface area contributed by atoms with Gasteiger partial charge in [-0.3, -0.25) is 0 Å². The van der Waals surface area contributed by atoms with Crippen LogP contribution in [0.15, 0.2) is 72.7 Å². The molecule has 0 saturated heterocycles. The Morgan fingerprint density at radius 3 is 2.45 bits per heavy atom. The molecule has 0 aliphatic heterocycles. The van der Waals surface area contributed by atoms with Crippen molar-refractivity contribution in [1.82, 2.24) is 4.57 Å². The molecule has 0 aliphatic rings. The molecule has 0 bridgehead atoms. The summed E-state index contributed by atoms with van der Waals surface area (Å²) in [7, 11) is 0. The fourth-order valence-corrected chi connectivity index (χ4v) is 2.68. The Hall–Kier alpha value is -2.54. The molecule has 1 heteroatoms. The van der Waals surface area contributed by atoms with Gasteiger partial charge >= 0.3 is 0 Å². The number of aromatic nitrogens is 1. The van der Waals surface area contributed by atoms with Crippen molar-refractivity contribution in [2.24, 2.45) is 0 Å². The lowest BCUT2D eigenvalue weighted by Crippen LogP contribution is -1.92. The molecule has 96 valence electrons. The van der Waals surface area contributed by atoms with Crippen LogP contribution in [0.2, 0.25) is 0 Å². The summed E-state index contributed by atoms with van der Waals surface area (Å²) in [6, 6.07) is 12.3. The number of hydrogen-bond donors (Lipinski definition) is 0. The van der Waals surface area contributed by atoms with Gasteiger partial charge in [0.05, 0.1) is 17.9 Å². The molecule has 4 aromatic rings. The second-order valence-electron chi connectivity index (χ2n) is 4.85. The van der Waals surface area contributed by atoms with Crippen LogP contribution in [0.3, 0.4) is 0 Å². The van der Waals surface area contributed by atoms with Gasteiger partial charge in [0.2, 0.25) is 0 Å². The smallest absolute Gasteiger partial charge is 0.0645 e. The zero-order valence-corrected chi connectivity index (χ0v) is 11.0. The van der Waals surface area contributed by atoms with Crippen molar-refractivity contribution in [3.8, 4) is 5.69 Å². The highest BCUT2D eigenvalue weighted by Crippen LogP contribution is 2.32. The Kier molecular flexibility index (Phi) is 1.55. The van der Waals surface area contributed by atoms with Gasteiger partial charge in [0.1, 0.15) is 0 Å². The van der Waals surface area contributed by atoms with E-state index in [9.17, 15) is 0 Å². The van der Waals surface area contributed by atoms with Crippen molar-refractivity contribution in [2.45, 2.75) is 6.92 Å². The van der Waals surface area contributed by atoms with Crippen LogP contribution < -0.4 is 0 Å². The molecule has 1 aromatic heterocycles. The van der Waals surface area contributed by atoms with E-state index >= 15 is 0 Å². The molecule has 1 nitrogen and oxygen atoms in total. The number of fused-ring (bicyclic) bond motifs is 3. The summed E-state index contributed by atoms with van der Waals surface area (Å²) in [4.78, 5) is 0. The molecule has 0 amide bonds. The molecule has 1 heterocycles. The third-order valence-electron chi connectivity index (χ3n) is 3.54. The fourth-order valence-electron chi connectivity index (χ4n) is 2.68. The normalized spacial score (nSPS) is 14.8. The van der Waals surface area contributed by atoms with E-state index < -0.39 is 0 Å². The topological polar surface area (TPSA) is 4.93 Å². The highest BCUT2D eigenvalue weighted by atomic mass is 15.0. The second-order valence-corrected chi connectivity index (χ2v) is 4.85. The zero-order chi connectivity index (χ0) is 17.9. The molecule has 0 aliphatic carbocycles. The lowest BCUT2D eigenvalue weighted by Gasteiger charge is -2.07. The summed E-state index contributed by atoms with van der Waals surface area (Å²) in [5, 5.41) is 2.00. The van der Waals surface area contributed by atoms with Crippen LogP contribution in [-0.4, -0.2) is 4.57 Å². The first kappa shape index (κ1) is 7.30. The van der Waals surface area contributed by atoms with E-state index in [1.807, 2.05) is 43.3 Å². The Morgan fingerprint density at radius 1 is 0.850 bits per heavy atom. The molecule has 0 unspecified atom stereocenters. The average Bonchev–Trinajstić information content (AvgIpc) is 2.93. The first-order valence-corrected chi connectivity index (χ1v) is 6.49. The Labute approximate surface area is 125 Å². The zero-order valence-electron chi connectivity index (χ0n) is 16.0. The molecule has 0 fully saturated rings. The monoisotopic (exact) mass is 262 g/mol. The highest BCUT2D eigenvalue weighted by molar-refractivity contribution is 6.09. The molecule has 4 rings (SSSR count). The largest absolute Gasteiger partial charge is 0.309 e. The van der Waals surface area contributed by atoms with Crippen molar-refractivity contribution in [2.75, 3.05) is 0 Å². The van der Waals surface area contributed by atoms with E-state index in [2.05, 4.69) is 6.07 Å². The minimum absolute atomic E-state index is 0.182. The lowest BCUT2D eigenvalue weighted by atomic mass is 10.1. The van der Waals surface area contributed by atoms with Gasteiger partial charge in [-0.15, -0.1) is 0 Å². The van der Waals surface area contributed by atoms with E-state index in [0.29, 0.717) is 0 Å². The third-order valence-corrected chi connectivity index (χ3v) is 3.54. The molecule has 3 aromatic carbocycles. The van der Waals surface area contributed by atoms with E-state index in [0.717, 1.165) is 27.4 Å². The van der Waals surface area contributed by atoms with E-state index in [4.69, 9.17) is 6.85 Å². The van der Waals surface area contributed by atoms with Crippen LogP contribution in [0.25, 0.3) is 27.5 Å². The van der Waals surface area contributed by atoms with Crippen LogP contribution in [0.4, 0.5) is 0 Å². The first-order chi connectivity index (χ1) is 11.9. The molecular formula is C19H15N. The van der Waals surface area contributed by atoms with Crippen LogP contribution in [-0.2, 0) is 0 Å². The fraction of sp³-hybridized carbons (Fsp3) is 0.0526. The number of nitrogens with zero attached hydrogens (tertiary/aromatic N) is 1. The van der Waals surface area contributed by atoms with E-state index in [1.54, 1.807) is 4.57 Å². The van der Waals surface area contributed by atoms with Crippen molar-refractivity contribution >= 4 is 21.8 Å². The lowest BCUT2D eigenvalue weighted by molar-refractivity contribution is 1.18. The van der Waals surface area contributed by atoms with Crippen LogP contribution in [0, 0.1) is 6.92 Å². The highest BCUT2D eigenvalue weighted by Gasteiger charge is 2.11. The SMILES string of the molecule is [2H]c1c([2H])c([2H])c(-n2c3ccccc3c3cc(C)ccc32)c([2H])c1[2H]. The summed E-state index contributed by atoms with van der Waals surface area (Å²) in [6.07, 6.45) is 0. The van der Waals surface area contributed by atoms with Crippen LogP contribution in [0.5, 0.6) is 0 Å². The van der Waals surface area contributed by atoms with E-state index in [1.165, 1.54) is 0 Å². The molecule has 0 N–H and O–H groups in total. The average molecular weight is 262 g/mol. The van der Waals surface area contributed by atoms with Crippen molar-refractivity contribution < 1.29 is 6.85 Å². The maximum absolute atomic E-state index is 8.31. The predicted molar refractivity (Wildman–Crippen MR) is 85.5 cm³/mol. The predicted octanol–water partition coefficient (Wildman–Crippen LogP) is 5.09. The Bertz CT molecular complexity index is 1130. The van der Waals surface area contributed by atoms with E-state index in [-0.39, 0.29) is 35.9 Å². The maximum atomic E-state index is 8.31. The summed E-state index contributed by atoms with van der Waals surface area (Å²) in [5.74, 6) is 0. The van der Waals surface area contributed by atoms with Gasteiger partial charge in [-0.05, 0) is 37.2 Å². The molecule has 0 atom stereocenters. The molecule has 0 saturated carbocycles. The summed E-state index contributed by atoms with van der Waals surface area (Å²) in [6.45, 7) is 2.01. The third kappa shape index (κ3) is 1.56. The Morgan fingerprint density at radius 2 is 1.60 bits per heavy atom. The minimum Gasteiger partial charge on any atom is -0.309 e. The van der Waals surface area contributed by atoms with Gasteiger partial charge in [0, 0.05) is 16.5 Å². The maximum Gasteiger partial charge on any atom is 0.0645 e. The number of aryl methyl sites for hydroxylation is 1. The van der Waals surface area contributed by atoms with Crippen molar-refractivity contribution in [3.63, 3.8) is 0 Å². The van der Waals surface area contributed by atoms with Crippen LogP contribution in [0.1, 0.15) is 12.4 Å². The van der Waals surface area contributed by atoms with Crippen molar-refractivity contribution in [3.05, 3.63) is 78.2 Å². The van der Waals surface area contributed by atoms with Gasteiger partial charge in [0.15, 0.2) is 0 Å². The van der Waals surface area contributed by atoms with Gasteiger partial charge in [-0.1, -0.05) is 48.0 Å². The van der Waals surface area contributed by atoms with Crippen LogP contribution >= 0.6 is 0 Å².